The van der Waals surface area contributed by atoms with Crippen molar-refractivity contribution in [3.05, 3.63) is 29.8 Å². The van der Waals surface area contributed by atoms with E-state index in [1.807, 2.05) is 31.1 Å². The van der Waals surface area contributed by atoms with Gasteiger partial charge in [-0.05, 0) is 31.2 Å². The predicted octanol–water partition coefficient (Wildman–Crippen LogP) is 1.50. The summed E-state index contributed by atoms with van der Waals surface area (Å²) in [5, 5.41) is 0. The summed E-state index contributed by atoms with van der Waals surface area (Å²) in [5.41, 5.74) is 1.45. The molecule has 4 heteroatoms. The molecule has 0 aliphatic carbocycles. The van der Waals surface area contributed by atoms with Gasteiger partial charge in [-0.2, -0.15) is 0 Å². The van der Waals surface area contributed by atoms with E-state index in [1.54, 1.807) is 12.1 Å². The number of Topliss-reactive ketones (excluding diaryl/α,β-unsaturated/α-hetero) is 1. The molecule has 0 saturated heterocycles. The van der Waals surface area contributed by atoms with Crippen molar-refractivity contribution in [1.82, 2.24) is 0 Å². The van der Waals surface area contributed by atoms with Crippen LogP contribution in [0.3, 0.4) is 0 Å². The average Bonchev–Trinajstić information content (AvgIpc) is 2.26. The summed E-state index contributed by atoms with van der Waals surface area (Å²) in [6, 6.07) is 7.00. The lowest BCUT2D eigenvalue weighted by Gasteiger charge is -2.12. The van der Waals surface area contributed by atoms with Gasteiger partial charge >= 0.3 is 5.97 Å². The Labute approximate surface area is 94.8 Å². The van der Waals surface area contributed by atoms with Gasteiger partial charge in [0, 0.05) is 19.8 Å². The Kier molecular flexibility index (Phi) is 4.05. The van der Waals surface area contributed by atoms with Gasteiger partial charge in [0.2, 0.25) is 0 Å². The molecule has 0 bridgehead atoms. The Bertz CT molecular complexity index is 382. The van der Waals surface area contributed by atoms with Crippen LogP contribution >= 0.6 is 0 Å². The van der Waals surface area contributed by atoms with Crippen LogP contribution in [0.1, 0.15) is 17.3 Å². The highest BCUT2D eigenvalue weighted by Crippen LogP contribution is 2.12. The van der Waals surface area contributed by atoms with Gasteiger partial charge in [0.15, 0.2) is 5.78 Å². The molecule has 0 spiro atoms. The third-order valence-electron chi connectivity index (χ3n) is 2.03. The molecular weight excluding hydrogens is 206 g/mol. The molecule has 0 radical (unpaired) electrons. The zero-order valence-electron chi connectivity index (χ0n) is 9.69. The Morgan fingerprint density at radius 1 is 1.19 bits per heavy atom. The largest absolute Gasteiger partial charge is 0.454 e. The van der Waals surface area contributed by atoms with Crippen LogP contribution in [-0.4, -0.2) is 32.5 Å². The van der Waals surface area contributed by atoms with Gasteiger partial charge in [0.05, 0.1) is 5.56 Å². The number of anilines is 1. The maximum Gasteiger partial charge on any atom is 0.338 e. The van der Waals surface area contributed by atoms with Gasteiger partial charge in [-0.1, -0.05) is 0 Å². The van der Waals surface area contributed by atoms with Crippen molar-refractivity contribution in [2.24, 2.45) is 0 Å². The summed E-state index contributed by atoms with van der Waals surface area (Å²) >= 11 is 0. The van der Waals surface area contributed by atoms with E-state index in [1.165, 1.54) is 6.92 Å². The first-order valence-corrected chi connectivity index (χ1v) is 4.94. The molecule has 0 N–H and O–H groups in total. The second-order valence-electron chi connectivity index (χ2n) is 3.72. The molecule has 86 valence electrons. The predicted molar refractivity (Wildman–Crippen MR) is 61.7 cm³/mol. The number of rotatable bonds is 4. The standard InChI is InChI=1S/C12H15NO3/c1-9(14)8-16-12(15)10-4-6-11(7-5-10)13(2)3/h4-7H,8H2,1-3H3. The molecule has 0 heterocycles. The van der Waals surface area contributed by atoms with E-state index in [2.05, 4.69) is 0 Å². The summed E-state index contributed by atoms with van der Waals surface area (Å²) in [6.45, 7) is 1.21. The summed E-state index contributed by atoms with van der Waals surface area (Å²) in [5.74, 6) is -0.640. The molecule has 1 aromatic rings. The van der Waals surface area contributed by atoms with Crippen molar-refractivity contribution >= 4 is 17.4 Å². The molecule has 0 fully saturated rings. The first-order chi connectivity index (χ1) is 7.50. The number of hydrogen-bond acceptors (Lipinski definition) is 4. The van der Waals surface area contributed by atoms with E-state index >= 15 is 0 Å². The van der Waals surface area contributed by atoms with Crippen LogP contribution in [0.15, 0.2) is 24.3 Å². The van der Waals surface area contributed by atoms with Crippen LogP contribution in [-0.2, 0) is 9.53 Å². The van der Waals surface area contributed by atoms with Crippen molar-refractivity contribution in [3.8, 4) is 0 Å². The molecule has 0 aromatic heterocycles. The molecule has 4 nitrogen and oxygen atoms in total. The lowest BCUT2D eigenvalue weighted by molar-refractivity contribution is -0.120. The van der Waals surface area contributed by atoms with E-state index in [0.717, 1.165) is 5.69 Å². The average molecular weight is 221 g/mol. The molecule has 0 aliphatic heterocycles. The minimum absolute atomic E-state index is 0.168. The quantitative estimate of drug-likeness (QED) is 0.723. The summed E-state index contributed by atoms with van der Waals surface area (Å²) < 4.78 is 4.79. The summed E-state index contributed by atoms with van der Waals surface area (Å²) in [7, 11) is 3.84. The molecule has 0 saturated carbocycles. The summed E-state index contributed by atoms with van der Waals surface area (Å²) in [4.78, 5) is 24.0. The van der Waals surface area contributed by atoms with Crippen molar-refractivity contribution in [1.29, 1.82) is 0 Å². The fourth-order valence-corrected chi connectivity index (χ4v) is 1.15. The van der Waals surface area contributed by atoms with Crippen LogP contribution in [0.4, 0.5) is 5.69 Å². The number of benzene rings is 1. The van der Waals surface area contributed by atoms with E-state index < -0.39 is 5.97 Å². The number of carbonyl (C=O) groups is 2. The monoisotopic (exact) mass is 221 g/mol. The zero-order valence-corrected chi connectivity index (χ0v) is 9.69. The SMILES string of the molecule is CC(=O)COC(=O)c1ccc(N(C)C)cc1. The van der Waals surface area contributed by atoms with Gasteiger partial charge < -0.3 is 9.64 Å². The number of esters is 1. The fraction of sp³-hybridized carbons (Fsp3) is 0.333. The van der Waals surface area contributed by atoms with Crippen LogP contribution in [0.25, 0.3) is 0 Å². The van der Waals surface area contributed by atoms with Gasteiger partial charge in [0.1, 0.15) is 6.61 Å². The van der Waals surface area contributed by atoms with Crippen LogP contribution in [0.2, 0.25) is 0 Å². The Morgan fingerprint density at radius 2 is 1.75 bits per heavy atom. The van der Waals surface area contributed by atoms with E-state index in [9.17, 15) is 9.59 Å². The first-order valence-electron chi connectivity index (χ1n) is 4.94. The lowest BCUT2D eigenvalue weighted by atomic mass is 10.2. The number of ether oxygens (including phenoxy) is 1. The molecule has 0 unspecified atom stereocenters. The van der Waals surface area contributed by atoms with E-state index in [0.29, 0.717) is 5.56 Å². The third kappa shape index (κ3) is 3.38. The molecule has 16 heavy (non-hydrogen) atoms. The Hall–Kier alpha value is -1.84. The van der Waals surface area contributed by atoms with Gasteiger partial charge in [-0.3, -0.25) is 4.79 Å². The highest BCUT2D eigenvalue weighted by atomic mass is 16.5. The molecular formula is C12H15NO3. The highest BCUT2D eigenvalue weighted by molar-refractivity contribution is 5.91. The maximum absolute atomic E-state index is 11.4. The lowest BCUT2D eigenvalue weighted by Crippen LogP contribution is -2.12. The number of carbonyl (C=O) groups excluding carboxylic acids is 2. The van der Waals surface area contributed by atoms with Gasteiger partial charge in [-0.15, -0.1) is 0 Å². The Balaban J connectivity index is 2.66. The van der Waals surface area contributed by atoms with Crippen LogP contribution in [0.5, 0.6) is 0 Å². The van der Waals surface area contributed by atoms with E-state index in [4.69, 9.17) is 4.74 Å². The molecule has 0 amide bonds. The van der Waals surface area contributed by atoms with Crippen molar-refractivity contribution in [2.45, 2.75) is 6.92 Å². The van der Waals surface area contributed by atoms with Crippen molar-refractivity contribution in [3.63, 3.8) is 0 Å². The molecule has 0 atom stereocenters. The first kappa shape index (κ1) is 12.2. The van der Waals surface area contributed by atoms with E-state index in [-0.39, 0.29) is 12.4 Å². The van der Waals surface area contributed by atoms with Gasteiger partial charge in [-0.25, -0.2) is 4.79 Å². The highest BCUT2D eigenvalue weighted by Gasteiger charge is 2.08. The molecule has 1 aromatic carbocycles. The minimum atomic E-state index is -0.472. The minimum Gasteiger partial charge on any atom is -0.454 e. The molecule has 1 rings (SSSR count). The van der Waals surface area contributed by atoms with Crippen molar-refractivity contribution in [2.75, 3.05) is 25.6 Å². The second kappa shape index (κ2) is 5.30. The van der Waals surface area contributed by atoms with Crippen molar-refractivity contribution < 1.29 is 14.3 Å². The third-order valence-corrected chi connectivity index (χ3v) is 2.03. The zero-order chi connectivity index (χ0) is 12.1. The van der Waals surface area contributed by atoms with Crippen LogP contribution in [0, 0.1) is 0 Å². The number of nitrogens with zero attached hydrogens (tertiary/aromatic N) is 1. The topological polar surface area (TPSA) is 46.6 Å². The van der Waals surface area contributed by atoms with Gasteiger partial charge in [0.25, 0.3) is 0 Å². The smallest absolute Gasteiger partial charge is 0.338 e. The number of ketones is 1. The molecule has 0 aliphatic rings. The number of hydrogen-bond donors (Lipinski definition) is 0. The fourth-order valence-electron chi connectivity index (χ4n) is 1.15. The second-order valence-corrected chi connectivity index (χ2v) is 3.72. The van der Waals surface area contributed by atoms with Crippen LogP contribution < -0.4 is 4.90 Å². The maximum atomic E-state index is 11.4. The Morgan fingerprint density at radius 3 is 2.19 bits per heavy atom. The summed E-state index contributed by atoms with van der Waals surface area (Å²) in [6.07, 6.45) is 0. The normalized spacial score (nSPS) is 9.69.